The van der Waals surface area contributed by atoms with Crippen molar-refractivity contribution >= 4 is 27.3 Å². The summed E-state index contributed by atoms with van der Waals surface area (Å²) in [4.78, 5) is 16.6. The van der Waals surface area contributed by atoms with Crippen LogP contribution in [0.25, 0.3) is 10.1 Å². The van der Waals surface area contributed by atoms with E-state index in [1.54, 1.807) is 11.3 Å². The summed E-state index contributed by atoms with van der Waals surface area (Å²) in [5, 5.41) is 4.63. The van der Waals surface area contributed by atoms with Gasteiger partial charge in [0, 0.05) is 29.5 Å². The molecule has 5 heteroatoms. The topological polar surface area (TPSA) is 41.6 Å². The van der Waals surface area contributed by atoms with Crippen LogP contribution in [-0.4, -0.2) is 48.7 Å². The zero-order valence-electron chi connectivity index (χ0n) is 16.9. The Bertz CT molecular complexity index is 876. The van der Waals surface area contributed by atoms with E-state index in [2.05, 4.69) is 48.3 Å². The van der Waals surface area contributed by atoms with Crippen molar-refractivity contribution < 1.29 is 9.53 Å². The first kappa shape index (κ1) is 18.6. The minimum absolute atomic E-state index is 0.0424. The SMILES string of the molecule is CC1(C)[C@H](NC(=O)c2cc3cccc(C4CCOCC4)c3s2)C2CCN1CC2. The normalized spacial score (nSPS) is 29.9. The van der Waals surface area contributed by atoms with Gasteiger partial charge in [0.25, 0.3) is 5.91 Å². The number of nitrogens with one attached hydrogen (secondary N) is 1. The van der Waals surface area contributed by atoms with Gasteiger partial charge in [0.15, 0.2) is 0 Å². The lowest BCUT2D eigenvalue weighted by Gasteiger charge is -2.56. The molecule has 0 saturated carbocycles. The molecule has 150 valence electrons. The van der Waals surface area contributed by atoms with Crippen LogP contribution in [0.1, 0.15) is 60.7 Å². The summed E-state index contributed by atoms with van der Waals surface area (Å²) in [6.45, 7) is 8.60. The molecular formula is C23H30N2O2S. The molecular weight excluding hydrogens is 368 g/mol. The van der Waals surface area contributed by atoms with Crippen LogP contribution in [0.3, 0.4) is 0 Å². The third kappa shape index (κ3) is 3.08. The lowest BCUT2D eigenvalue weighted by molar-refractivity contribution is -0.0377. The van der Waals surface area contributed by atoms with Gasteiger partial charge in [-0.25, -0.2) is 0 Å². The predicted molar refractivity (Wildman–Crippen MR) is 114 cm³/mol. The maximum absolute atomic E-state index is 13.2. The Kier molecular flexibility index (Phi) is 4.73. The molecule has 2 bridgehead atoms. The number of hydrogen-bond donors (Lipinski definition) is 1. The minimum atomic E-state index is 0.0424. The molecule has 0 unspecified atom stereocenters. The van der Waals surface area contributed by atoms with E-state index in [0.717, 1.165) is 30.9 Å². The maximum atomic E-state index is 13.2. The highest BCUT2D eigenvalue weighted by atomic mass is 32.1. The number of piperidine rings is 3. The highest BCUT2D eigenvalue weighted by Crippen LogP contribution is 2.40. The van der Waals surface area contributed by atoms with E-state index in [1.807, 2.05) is 0 Å². The Morgan fingerprint density at radius 3 is 2.64 bits per heavy atom. The van der Waals surface area contributed by atoms with Gasteiger partial charge in [-0.2, -0.15) is 0 Å². The Morgan fingerprint density at radius 2 is 1.93 bits per heavy atom. The standard InChI is InChI=1S/C23H30N2O2S/c1-23(2)21(16-6-10-25(23)11-7-16)24-22(26)19-14-17-4-3-5-18(20(17)28-19)15-8-12-27-13-9-15/h3-5,14-16,21H,6-13H2,1-2H3,(H,24,26)/t21-/m1/s1. The van der Waals surface area contributed by atoms with Gasteiger partial charge in [-0.3, -0.25) is 9.69 Å². The molecule has 4 nitrogen and oxygen atoms in total. The number of carbonyl (C=O) groups excluding carboxylic acids is 1. The molecule has 5 heterocycles. The number of amides is 1. The second kappa shape index (κ2) is 7.12. The van der Waals surface area contributed by atoms with Crippen molar-refractivity contribution in [1.29, 1.82) is 0 Å². The van der Waals surface area contributed by atoms with Crippen molar-refractivity contribution in [1.82, 2.24) is 10.2 Å². The van der Waals surface area contributed by atoms with Crippen molar-refractivity contribution in [3.63, 3.8) is 0 Å². The van der Waals surface area contributed by atoms with Gasteiger partial charge in [0.05, 0.1) is 4.88 Å². The summed E-state index contributed by atoms with van der Waals surface area (Å²) in [5.74, 6) is 1.26. The molecule has 0 radical (unpaired) electrons. The Morgan fingerprint density at radius 1 is 1.18 bits per heavy atom. The number of benzene rings is 1. The molecule has 1 atom stereocenters. The molecule has 2 aromatic rings. The van der Waals surface area contributed by atoms with Gasteiger partial charge in [-0.1, -0.05) is 18.2 Å². The fourth-order valence-electron chi connectivity index (χ4n) is 5.62. The molecule has 28 heavy (non-hydrogen) atoms. The van der Waals surface area contributed by atoms with Gasteiger partial charge < -0.3 is 10.1 Å². The van der Waals surface area contributed by atoms with Crippen LogP contribution in [0.15, 0.2) is 24.3 Å². The first-order valence-corrected chi connectivity index (χ1v) is 11.5. The quantitative estimate of drug-likeness (QED) is 0.833. The number of carbonyl (C=O) groups is 1. The number of nitrogens with zero attached hydrogens (tertiary/aromatic N) is 1. The second-order valence-corrected chi connectivity index (χ2v) is 10.2. The van der Waals surface area contributed by atoms with Crippen molar-refractivity contribution in [2.45, 2.75) is 57.0 Å². The number of ether oxygens (including phenoxy) is 1. The number of rotatable bonds is 3. The van der Waals surface area contributed by atoms with E-state index < -0.39 is 0 Å². The van der Waals surface area contributed by atoms with Gasteiger partial charge in [0.1, 0.15) is 0 Å². The smallest absolute Gasteiger partial charge is 0.261 e. The monoisotopic (exact) mass is 398 g/mol. The summed E-state index contributed by atoms with van der Waals surface area (Å²) in [6, 6.07) is 8.85. The van der Waals surface area contributed by atoms with Crippen molar-refractivity contribution in [3.05, 3.63) is 34.7 Å². The van der Waals surface area contributed by atoms with Gasteiger partial charge in [-0.15, -0.1) is 11.3 Å². The Hall–Kier alpha value is -1.43. The molecule has 4 fully saturated rings. The van der Waals surface area contributed by atoms with Gasteiger partial charge in [-0.05, 0) is 81.5 Å². The Balaban J connectivity index is 1.41. The zero-order chi connectivity index (χ0) is 19.3. The summed E-state index contributed by atoms with van der Waals surface area (Å²) in [6.07, 6.45) is 4.56. The molecule has 1 amide bonds. The zero-order valence-corrected chi connectivity index (χ0v) is 17.7. The predicted octanol–water partition coefficient (Wildman–Crippen LogP) is 4.40. The number of thiophene rings is 1. The maximum Gasteiger partial charge on any atom is 0.261 e. The van der Waals surface area contributed by atoms with Crippen molar-refractivity contribution in [2.75, 3.05) is 26.3 Å². The Labute approximate surface area is 171 Å². The average Bonchev–Trinajstić information content (AvgIpc) is 3.16. The van der Waals surface area contributed by atoms with E-state index in [9.17, 15) is 4.79 Å². The summed E-state index contributed by atoms with van der Waals surface area (Å²) in [5.41, 5.74) is 1.44. The highest BCUT2D eigenvalue weighted by molar-refractivity contribution is 7.21. The third-order valence-corrected chi connectivity index (χ3v) is 8.53. The van der Waals surface area contributed by atoms with Crippen LogP contribution in [0.2, 0.25) is 0 Å². The molecule has 4 saturated heterocycles. The fourth-order valence-corrected chi connectivity index (χ4v) is 6.77. The molecule has 1 aromatic heterocycles. The molecule has 1 aromatic carbocycles. The number of fused-ring (bicyclic) bond motifs is 4. The van der Waals surface area contributed by atoms with E-state index in [0.29, 0.717) is 11.8 Å². The van der Waals surface area contributed by atoms with Crippen LogP contribution in [0.5, 0.6) is 0 Å². The molecule has 0 aliphatic carbocycles. The summed E-state index contributed by atoms with van der Waals surface area (Å²) >= 11 is 1.67. The second-order valence-electron chi connectivity index (χ2n) is 9.19. The first-order valence-electron chi connectivity index (χ1n) is 10.7. The lowest BCUT2D eigenvalue weighted by Crippen LogP contribution is -2.69. The van der Waals surface area contributed by atoms with E-state index >= 15 is 0 Å². The van der Waals surface area contributed by atoms with Gasteiger partial charge in [0.2, 0.25) is 0 Å². The van der Waals surface area contributed by atoms with Crippen LogP contribution >= 0.6 is 11.3 Å². The van der Waals surface area contributed by atoms with E-state index in [1.165, 1.54) is 41.6 Å². The van der Waals surface area contributed by atoms with E-state index in [-0.39, 0.29) is 17.5 Å². The highest BCUT2D eigenvalue weighted by Gasteiger charge is 2.48. The largest absolute Gasteiger partial charge is 0.381 e. The first-order chi connectivity index (χ1) is 13.5. The number of hydrogen-bond acceptors (Lipinski definition) is 4. The molecule has 0 spiro atoms. The van der Waals surface area contributed by atoms with Crippen LogP contribution < -0.4 is 5.32 Å². The summed E-state index contributed by atoms with van der Waals surface area (Å²) < 4.78 is 6.83. The van der Waals surface area contributed by atoms with Crippen LogP contribution in [0.4, 0.5) is 0 Å². The van der Waals surface area contributed by atoms with Crippen molar-refractivity contribution in [3.8, 4) is 0 Å². The van der Waals surface area contributed by atoms with Crippen LogP contribution in [-0.2, 0) is 4.74 Å². The molecule has 4 aliphatic heterocycles. The summed E-state index contributed by atoms with van der Waals surface area (Å²) in [7, 11) is 0. The molecule has 4 aliphatic rings. The van der Waals surface area contributed by atoms with Crippen LogP contribution in [0, 0.1) is 5.92 Å². The molecule has 6 rings (SSSR count). The fraction of sp³-hybridized carbons (Fsp3) is 0.609. The third-order valence-electron chi connectivity index (χ3n) is 7.33. The average molecular weight is 399 g/mol. The minimum Gasteiger partial charge on any atom is -0.381 e. The lowest BCUT2D eigenvalue weighted by atomic mass is 9.72. The van der Waals surface area contributed by atoms with Crippen molar-refractivity contribution in [2.24, 2.45) is 5.92 Å². The van der Waals surface area contributed by atoms with Gasteiger partial charge >= 0.3 is 0 Å². The molecule has 1 N–H and O–H groups in total. The van der Waals surface area contributed by atoms with E-state index in [4.69, 9.17) is 4.74 Å².